The van der Waals surface area contributed by atoms with Gasteiger partial charge < -0.3 is 10.1 Å². The number of methoxy groups -OCH3 is 1. The van der Waals surface area contributed by atoms with Crippen LogP contribution in [-0.2, 0) is 14.3 Å². The van der Waals surface area contributed by atoms with Gasteiger partial charge in [-0.2, -0.15) is 5.10 Å². The first-order valence-corrected chi connectivity index (χ1v) is 7.57. The second-order valence-corrected chi connectivity index (χ2v) is 5.26. The predicted molar refractivity (Wildman–Crippen MR) is 93.6 cm³/mol. The molecule has 0 aliphatic heterocycles. The van der Waals surface area contributed by atoms with Crippen molar-refractivity contribution in [3.8, 4) is 0 Å². The maximum atomic E-state index is 13.5. The Kier molecular flexibility index (Phi) is 6.40. The van der Waals surface area contributed by atoms with Crippen molar-refractivity contribution in [3.05, 3.63) is 64.4 Å². The minimum absolute atomic E-state index is 0.0201. The van der Waals surface area contributed by atoms with Crippen LogP contribution in [0.15, 0.2) is 47.6 Å². The number of ether oxygens (including phenoxy) is 1. The molecule has 2 aromatic carbocycles. The number of halogens is 2. The van der Waals surface area contributed by atoms with E-state index < -0.39 is 23.6 Å². The number of nitrogens with zero attached hydrogens (tertiary/aromatic N) is 1. The molecule has 26 heavy (non-hydrogen) atoms. The molecule has 0 heterocycles. The summed E-state index contributed by atoms with van der Waals surface area (Å²) in [5.74, 6) is -3.20. The van der Waals surface area contributed by atoms with Gasteiger partial charge in [-0.15, -0.1) is 0 Å². The number of anilines is 1. The second-order valence-electron chi connectivity index (χ2n) is 4.86. The summed E-state index contributed by atoms with van der Waals surface area (Å²) in [5, 5.41) is 5.93. The molecule has 134 valence electrons. The van der Waals surface area contributed by atoms with Crippen molar-refractivity contribution in [2.24, 2.45) is 5.10 Å². The molecule has 0 unspecified atom stereocenters. The number of carbonyl (C=O) groups is 3. The third kappa shape index (κ3) is 4.87. The normalized spacial score (nSPS) is 10.4. The maximum absolute atomic E-state index is 13.5. The van der Waals surface area contributed by atoms with Gasteiger partial charge in [-0.05, 0) is 36.4 Å². The van der Waals surface area contributed by atoms with Gasteiger partial charge in [0.25, 0.3) is 0 Å². The molecular formula is C17H13ClFN3O4. The molecule has 0 bridgehead atoms. The second kappa shape index (κ2) is 8.72. The lowest BCUT2D eigenvalue weighted by atomic mass is 10.2. The van der Waals surface area contributed by atoms with E-state index in [1.54, 1.807) is 0 Å². The van der Waals surface area contributed by atoms with E-state index in [0.717, 1.165) is 6.21 Å². The van der Waals surface area contributed by atoms with Crippen molar-refractivity contribution in [1.29, 1.82) is 0 Å². The highest BCUT2D eigenvalue weighted by molar-refractivity contribution is 6.39. The predicted octanol–water partition coefficient (Wildman–Crippen LogP) is 2.35. The zero-order chi connectivity index (χ0) is 19.1. The Morgan fingerprint density at radius 3 is 2.42 bits per heavy atom. The number of carbonyl (C=O) groups excluding carboxylic acids is 3. The fraction of sp³-hybridized carbons (Fsp3) is 0.0588. The number of amides is 2. The standard InChI is InChI=1S/C17H13ClFN3O4/c1-26-17(25)10-5-7-11(8-6-10)21-15(23)16(24)22-20-9-12-13(18)3-2-4-14(12)19/h2-9H,1H3,(H,21,23)(H,22,24)/b20-9-. The Morgan fingerprint density at radius 2 is 1.81 bits per heavy atom. The first-order chi connectivity index (χ1) is 12.4. The Balaban J connectivity index is 1.94. The van der Waals surface area contributed by atoms with Crippen molar-refractivity contribution >= 4 is 41.3 Å². The maximum Gasteiger partial charge on any atom is 0.337 e. The van der Waals surface area contributed by atoms with E-state index in [1.807, 2.05) is 5.43 Å². The summed E-state index contributed by atoms with van der Waals surface area (Å²) in [6.45, 7) is 0. The topological polar surface area (TPSA) is 96.9 Å². The number of hydrazone groups is 1. The molecule has 0 radical (unpaired) electrons. The van der Waals surface area contributed by atoms with Crippen molar-refractivity contribution in [3.63, 3.8) is 0 Å². The smallest absolute Gasteiger partial charge is 0.337 e. The monoisotopic (exact) mass is 377 g/mol. The summed E-state index contributed by atoms with van der Waals surface area (Å²) >= 11 is 5.80. The molecule has 0 fully saturated rings. The third-order valence-corrected chi connectivity index (χ3v) is 3.46. The molecule has 0 saturated heterocycles. The quantitative estimate of drug-likeness (QED) is 0.370. The van der Waals surface area contributed by atoms with Crippen molar-refractivity contribution in [2.75, 3.05) is 12.4 Å². The molecule has 0 spiro atoms. The van der Waals surface area contributed by atoms with Crippen LogP contribution < -0.4 is 10.7 Å². The van der Waals surface area contributed by atoms with Crippen LogP contribution in [0.3, 0.4) is 0 Å². The van der Waals surface area contributed by atoms with Gasteiger partial charge in [0, 0.05) is 11.3 Å². The molecule has 2 N–H and O–H groups in total. The molecule has 9 heteroatoms. The average Bonchev–Trinajstić information content (AvgIpc) is 2.64. The van der Waals surface area contributed by atoms with Gasteiger partial charge in [0.05, 0.1) is 23.9 Å². The lowest BCUT2D eigenvalue weighted by Gasteiger charge is -2.05. The summed E-state index contributed by atoms with van der Waals surface area (Å²) in [4.78, 5) is 34.8. The van der Waals surface area contributed by atoms with Crippen molar-refractivity contribution in [2.45, 2.75) is 0 Å². The van der Waals surface area contributed by atoms with Gasteiger partial charge in [-0.3, -0.25) is 9.59 Å². The van der Waals surface area contributed by atoms with E-state index in [9.17, 15) is 18.8 Å². The number of hydrogen-bond acceptors (Lipinski definition) is 5. The Hall–Kier alpha value is -3.26. The Bertz CT molecular complexity index is 849. The summed E-state index contributed by atoms with van der Waals surface area (Å²) in [6.07, 6.45) is 0.994. The Labute approximate surface area is 152 Å². The highest BCUT2D eigenvalue weighted by Crippen LogP contribution is 2.16. The van der Waals surface area contributed by atoms with Crippen LogP contribution in [-0.4, -0.2) is 31.1 Å². The minimum atomic E-state index is -1.06. The number of hydrogen-bond donors (Lipinski definition) is 2. The molecule has 0 aromatic heterocycles. The number of rotatable bonds is 4. The lowest BCUT2D eigenvalue weighted by molar-refractivity contribution is -0.136. The average molecular weight is 378 g/mol. The molecule has 0 aliphatic rings. The highest BCUT2D eigenvalue weighted by atomic mass is 35.5. The fourth-order valence-corrected chi connectivity index (χ4v) is 2.05. The number of nitrogens with one attached hydrogen (secondary N) is 2. The third-order valence-electron chi connectivity index (χ3n) is 3.13. The van der Waals surface area contributed by atoms with Gasteiger partial charge in [-0.1, -0.05) is 17.7 Å². The Morgan fingerprint density at radius 1 is 1.12 bits per heavy atom. The fourth-order valence-electron chi connectivity index (χ4n) is 1.84. The van der Waals surface area contributed by atoms with Crippen LogP contribution in [0.1, 0.15) is 15.9 Å². The molecular weight excluding hydrogens is 365 g/mol. The van der Waals surface area contributed by atoms with E-state index >= 15 is 0 Å². The zero-order valence-corrected chi connectivity index (χ0v) is 14.2. The van der Waals surface area contributed by atoms with Gasteiger partial charge in [0.15, 0.2) is 0 Å². The SMILES string of the molecule is COC(=O)c1ccc(NC(=O)C(=O)N/N=C\c2c(F)cccc2Cl)cc1. The summed E-state index contributed by atoms with van der Waals surface area (Å²) in [7, 11) is 1.25. The van der Waals surface area contributed by atoms with Crippen LogP contribution in [0.4, 0.5) is 10.1 Å². The lowest BCUT2D eigenvalue weighted by Crippen LogP contribution is -2.32. The molecule has 7 nitrogen and oxygen atoms in total. The van der Waals surface area contributed by atoms with Crippen LogP contribution >= 0.6 is 11.6 Å². The van der Waals surface area contributed by atoms with E-state index in [1.165, 1.54) is 49.6 Å². The van der Waals surface area contributed by atoms with Crippen molar-refractivity contribution < 1.29 is 23.5 Å². The minimum Gasteiger partial charge on any atom is -0.465 e. The van der Waals surface area contributed by atoms with Crippen LogP contribution in [0.2, 0.25) is 5.02 Å². The number of benzene rings is 2. The first kappa shape index (κ1) is 19.1. The van der Waals surface area contributed by atoms with E-state index in [0.29, 0.717) is 11.3 Å². The van der Waals surface area contributed by atoms with E-state index in [2.05, 4.69) is 15.2 Å². The summed E-state index contributed by atoms with van der Waals surface area (Å²) in [6, 6.07) is 9.78. The molecule has 2 rings (SSSR count). The van der Waals surface area contributed by atoms with Gasteiger partial charge in [0.2, 0.25) is 0 Å². The van der Waals surface area contributed by atoms with Crippen molar-refractivity contribution in [1.82, 2.24) is 5.43 Å². The van der Waals surface area contributed by atoms with Crippen LogP contribution in [0, 0.1) is 5.82 Å². The zero-order valence-electron chi connectivity index (χ0n) is 13.5. The molecule has 0 aliphatic carbocycles. The largest absolute Gasteiger partial charge is 0.465 e. The molecule has 0 saturated carbocycles. The first-order valence-electron chi connectivity index (χ1n) is 7.19. The highest BCUT2D eigenvalue weighted by Gasteiger charge is 2.14. The van der Waals surface area contributed by atoms with Gasteiger partial charge in [0.1, 0.15) is 5.82 Å². The van der Waals surface area contributed by atoms with Crippen LogP contribution in [0.5, 0.6) is 0 Å². The van der Waals surface area contributed by atoms with Gasteiger partial charge >= 0.3 is 17.8 Å². The molecule has 2 amide bonds. The molecule has 2 aromatic rings. The van der Waals surface area contributed by atoms with E-state index in [4.69, 9.17) is 11.6 Å². The van der Waals surface area contributed by atoms with Crippen LogP contribution in [0.25, 0.3) is 0 Å². The van der Waals surface area contributed by atoms with Gasteiger partial charge in [-0.25, -0.2) is 14.6 Å². The van der Waals surface area contributed by atoms with E-state index in [-0.39, 0.29) is 10.6 Å². The molecule has 0 atom stereocenters. The summed E-state index contributed by atoms with van der Waals surface area (Å²) < 4.78 is 18.1. The summed E-state index contributed by atoms with van der Waals surface area (Å²) in [5.41, 5.74) is 2.53. The number of esters is 1.